The van der Waals surface area contributed by atoms with Crippen LogP contribution in [-0.4, -0.2) is 11.7 Å². The smallest absolute Gasteiger partial charge is 0.155 e. The van der Waals surface area contributed by atoms with E-state index in [1.54, 1.807) is 0 Å². The van der Waals surface area contributed by atoms with Crippen molar-refractivity contribution in [2.24, 2.45) is 52.3 Å². The SMILES string of the molecule is CC(C)CCC[C@H](C)[C@H]1CC[C@H]2[C@H]3CC[C@H]4C[C@]5(C#Cc6ccccc6Cl)O[C@@H]5C[C@]4(C)[C@@H]3CC[C@]12C. The first-order valence-electron chi connectivity index (χ1n) is 15.6. The summed E-state index contributed by atoms with van der Waals surface area (Å²) in [5, 5.41) is 0.749. The Morgan fingerprint density at radius 2 is 1.73 bits per heavy atom. The third-order valence-corrected chi connectivity index (χ3v) is 12.9. The van der Waals surface area contributed by atoms with Gasteiger partial charge in [-0.25, -0.2) is 0 Å². The average Bonchev–Trinajstić information content (AvgIpc) is 3.41. The van der Waals surface area contributed by atoms with Gasteiger partial charge in [0.2, 0.25) is 0 Å². The zero-order valence-corrected chi connectivity index (χ0v) is 24.7. The summed E-state index contributed by atoms with van der Waals surface area (Å²) < 4.78 is 6.46. The molecule has 4 saturated carbocycles. The standard InChI is InChI=1S/C35H49ClO/c1-23(2)9-8-10-24(3)28-15-16-29-27-14-13-26-21-35(20-17-25-11-6-7-12-31(25)36)32(37-35)22-34(26,5)30(27)18-19-33(28,29)4/h6-7,11-12,23-24,26-30,32H,8-10,13-16,18-19,21-22H2,1-5H3/t24-,26-,27+,28+,29-,30+,32+,33+,34-,35-/m0/s1. The Kier molecular flexibility index (Phi) is 6.81. The van der Waals surface area contributed by atoms with Crippen LogP contribution in [0.4, 0.5) is 0 Å². The molecule has 0 unspecified atom stereocenters. The minimum absolute atomic E-state index is 0.205. The van der Waals surface area contributed by atoms with Crippen molar-refractivity contribution in [3.05, 3.63) is 34.9 Å². The number of benzene rings is 1. The van der Waals surface area contributed by atoms with Crippen LogP contribution >= 0.6 is 11.6 Å². The number of hydrogen-bond acceptors (Lipinski definition) is 1. The molecule has 5 aliphatic rings. The monoisotopic (exact) mass is 520 g/mol. The van der Waals surface area contributed by atoms with E-state index in [1.807, 2.05) is 24.3 Å². The lowest BCUT2D eigenvalue weighted by Gasteiger charge is -2.60. The van der Waals surface area contributed by atoms with E-state index in [0.717, 1.165) is 58.4 Å². The Morgan fingerprint density at radius 1 is 0.946 bits per heavy atom. The molecular weight excluding hydrogens is 472 g/mol. The molecule has 0 bridgehead atoms. The Balaban J connectivity index is 1.15. The minimum Gasteiger partial charge on any atom is -0.352 e. The normalized spacial score (nSPS) is 44.6. The summed E-state index contributed by atoms with van der Waals surface area (Å²) in [5.41, 5.74) is 1.74. The van der Waals surface area contributed by atoms with Crippen LogP contribution in [0.2, 0.25) is 5.02 Å². The molecule has 1 nitrogen and oxygen atoms in total. The molecule has 202 valence electrons. The maximum absolute atomic E-state index is 6.46. The van der Waals surface area contributed by atoms with Crippen LogP contribution < -0.4 is 0 Å². The van der Waals surface area contributed by atoms with Crippen molar-refractivity contribution in [1.29, 1.82) is 0 Å². The molecular formula is C35H49ClO. The molecule has 1 heterocycles. The number of rotatable bonds is 5. The van der Waals surface area contributed by atoms with E-state index >= 15 is 0 Å². The maximum atomic E-state index is 6.46. The molecule has 1 aliphatic heterocycles. The van der Waals surface area contributed by atoms with Crippen LogP contribution in [0.1, 0.15) is 111 Å². The van der Waals surface area contributed by atoms with Crippen molar-refractivity contribution < 1.29 is 4.74 Å². The fraction of sp³-hybridized carbons (Fsp3) is 0.771. The van der Waals surface area contributed by atoms with Crippen LogP contribution in [0.3, 0.4) is 0 Å². The first-order chi connectivity index (χ1) is 17.7. The zero-order valence-electron chi connectivity index (χ0n) is 24.0. The van der Waals surface area contributed by atoms with Crippen molar-refractivity contribution in [2.75, 3.05) is 0 Å². The highest BCUT2D eigenvalue weighted by atomic mass is 35.5. The summed E-state index contributed by atoms with van der Waals surface area (Å²) in [7, 11) is 0. The van der Waals surface area contributed by atoms with Crippen molar-refractivity contribution in [1.82, 2.24) is 0 Å². The van der Waals surface area contributed by atoms with Gasteiger partial charge in [0.15, 0.2) is 5.60 Å². The van der Waals surface area contributed by atoms with E-state index in [2.05, 4.69) is 46.5 Å². The van der Waals surface area contributed by atoms with Gasteiger partial charge in [-0.3, -0.25) is 0 Å². The van der Waals surface area contributed by atoms with E-state index in [1.165, 1.54) is 64.2 Å². The number of epoxide rings is 1. The first-order valence-corrected chi connectivity index (χ1v) is 16.0. The van der Waals surface area contributed by atoms with E-state index in [-0.39, 0.29) is 5.60 Å². The summed E-state index contributed by atoms with van der Waals surface area (Å²) in [6, 6.07) is 7.96. The average molecular weight is 521 g/mol. The number of hydrogen-bond donors (Lipinski definition) is 0. The molecule has 0 aromatic heterocycles. The molecule has 10 atom stereocenters. The molecule has 1 saturated heterocycles. The second-order valence-corrected chi connectivity index (χ2v) is 15.2. The van der Waals surface area contributed by atoms with E-state index < -0.39 is 0 Å². The second-order valence-electron chi connectivity index (χ2n) is 14.8. The number of fused-ring (bicyclic) bond motifs is 6. The summed E-state index contributed by atoms with van der Waals surface area (Å²) in [6.07, 6.45) is 15.6. The van der Waals surface area contributed by atoms with Gasteiger partial charge < -0.3 is 4.74 Å². The number of ether oxygens (including phenoxy) is 1. The Morgan fingerprint density at radius 3 is 2.51 bits per heavy atom. The molecule has 6 rings (SSSR count). The van der Waals surface area contributed by atoms with Crippen molar-refractivity contribution >= 4 is 11.6 Å². The Labute approximate surface area is 231 Å². The van der Waals surface area contributed by atoms with E-state index in [9.17, 15) is 0 Å². The van der Waals surface area contributed by atoms with Crippen LogP contribution in [0.15, 0.2) is 24.3 Å². The molecule has 0 spiro atoms. The van der Waals surface area contributed by atoms with Crippen LogP contribution in [0.5, 0.6) is 0 Å². The third-order valence-electron chi connectivity index (χ3n) is 12.5. The predicted molar refractivity (Wildman–Crippen MR) is 154 cm³/mol. The Bertz CT molecular complexity index is 1070. The van der Waals surface area contributed by atoms with E-state index in [4.69, 9.17) is 16.3 Å². The third kappa shape index (κ3) is 4.42. The van der Waals surface area contributed by atoms with Crippen molar-refractivity contribution in [2.45, 2.75) is 117 Å². The van der Waals surface area contributed by atoms with Gasteiger partial charge >= 0.3 is 0 Å². The lowest BCUT2D eigenvalue weighted by atomic mass is 9.44. The van der Waals surface area contributed by atoms with Crippen molar-refractivity contribution in [3.63, 3.8) is 0 Å². The largest absolute Gasteiger partial charge is 0.352 e. The highest BCUT2D eigenvalue weighted by molar-refractivity contribution is 6.31. The summed E-state index contributed by atoms with van der Waals surface area (Å²) in [4.78, 5) is 0. The lowest BCUT2D eigenvalue weighted by molar-refractivity contribution is -0.112. The van der Waals surface area contributed by atoms with Gasteiger partial charge in [-0.2, -0.15) is 0 Å². The van der Waals surface area contributed by atoms with Gasteiger partial charge in [0.1, 0.15) is 6.10 Å². The van der Waals surface area contributed by atoms with Gasteiger partial charge in [-0.1, -0.05) is 89.5 Å². The van der Waals surface area contributed by atoms with Crippen LogP contribution in [0.25, 0.3) is 0 Å². The lowest BCUT2D eigenvalue weighted by Crippen LogP contribution is -2.54. The zero-order chi connectivity index (χ0) is 26.0. The molecule has 0 N–H and O–H groups in total. The highest BCUT2D eigenvalue weighted by Crippen LogP contribution is 2.71. The second kappa shape index (κ2) is 9.59. The van der Waals surface area contributed by atoms with Gasteiger partial charge in [0.05, 0.1) is 5.02 Å². The summed E-state index contributed by atoms with van der Waals surface area (Å²) in [5.74, 6) is 13.2. The molecule has 4 aliphatic carbocycles. The number of halogens is 1. The summed E-state index contributed by atoms with van der Waals surface area (Å²) in [6.45, 7) is 12.7. The molecule has 5 fully saturated rings. The highest BCUT2D eigenvalue weighted by Gasteiger charge is 2.68. The van der Waals surface area contributed by atoms with Gasteiger partial charge in [0.25, 0.3) is 0 Å². The molecule has 0 amide bonds. The van der Waals surface area contributed by atoms with Crippen molar-refractivity contribution in [3.8, 4) is 11.8 Å². The van der Waals surface area contributed by atoms with E-state index in [0.29, 0.717) is 16.9 Å². The van der Waals surface area contributed by atoms with Gasteiger partial charge in [-0.15, -0.1) is 0 Å². The van der Waals surface area contributed by atoms with Crippen LogP contribution in [-0.2, 0) is 4.74 Å². The Hall–Kier alpha value is -0.970. The quantitative estimate of drug-likeness (QED) is 0.278. The topological polar surface area (TPSA) is 12.5 Å². The van der Waals surface area contributed by atoms with Gasteiger partial charge in [0, 0.05) is 5.56 Å². The fourth-order valence-electron chi connectivity index (χ4n) is 10.5. The van der Waals surface area contributed by atoms with Crippen LogP contribution in [0, 0.1) is 64.1 Å². The minimum atomic E-state index is -0.205. The predicted octanol–water partition coefficient (Wildman–Crippen LogP) is 9.56. The molecule has 1 aromatic carbocycles. The molecule has 2 heteroatoms. The molecule has 37 heavy (non-hydrogen) atoms. The maximum Gasteiger partial charge on any atom is 0.155 e. The summed E-state index contributed by atoms with van der Waals surface area (Å²) >= 11 is 6.39. The van der Waals surface area contributed by atoms with Gasteiger partial charge in [-0.05, 0) is 116 Å². The fourth-order valence-corrected chi connectivity index (χ4v) is 10.7. The molecule has 0 radical (unpaired) electrons. The molecule has 1 aromatic rings. The first kappa shape index (κ1) is 26.3.